The van der Waals surface area contributed by atoms with Gasteiger partial charge in [0.05, 0.1) is 17.2 Å². The molecule has 2 fully saturated rings. The number of carbonyl (C=O) groups is 2. The van der Waals surface area contributed by atoms with E-state index in [2.05, 4.69) is 10.6 Å². The van der Waals surface area contributed by atoms with Crippen molar-refractivity contribution in [2.75, 3.05) is 5.32 Å². The zero-order valence-corrected chi connectivity index (χ0v) is 10.7. The lowest BCUT2D eigenvalue weighted by Crippen LogP contribution is -2.33. The zero-order valence-electron chi connectivity index (χ0n) is 10.7. The number of anilines is 1. The number of hydrogen-bond acceptors (Lipinski definition) is 3. The summed E-state index contributed by atoms with van der Waals surface area (Å²) in [5.74, 6) is -2.17. The first kappa shape index (κ1) is 13.1. The number of carbonyl (C=O) groups excluding carboxylic acids is 1. The van der Waals surface area contributed by atoms with Crippen molar-refractivity contribution in [1.29, 1.82) is 0 Å². The Labute approximate surface area is 115 Å². The van der Waals surface area contributed by atoms with Crippen LogP contribution in [0.2, 0.25) is 0 Å². The van der Waals surface area contributed by atoms with E-state index in [9.17, 15) is 14.0 Å². The van der Waals surface area contributed by atoms with Crippen LogP contribution >= 0.6 is 0 Å². The van der Waals surface area contributed by atoms with Crippen molar-refractivity contribution in [3.63, 3.8) is 0 Å². The number of rotatable bonds is 3. The maximum atomic E-state index is 13.2. The highest BCUT2D eigenvalue weighted by Gasteiger charge is 2.42. The quantitative estimate of drug-likeness (QED) is 0.784. The van der Waals surface area contributed by atoms with Gasteiger partial charge >= 0.3 is 5.97 Å². The lowest BCUT2D eigenvalue weighted by atomic mass is 9.88. The van der Waals surface area contributed by atoms with Gasteiger partial charge in [0.2, 0.25) is 5.91 Å². The van der Waals surface area contributed by atoms with E-state index < -0.39 is 11.8 Å². The van der Waals surface area contributed by atoms with Gasteiger partial charge in [0.25, 0.3) is 0 Å². The molecule has 0 aromatic heterocycles. The fourth-order valence-corrected chi connectivity index (χ4v) is 3.15. The third kappa shape index (κ3) is 2.27. The van der Waals surface area contributed by atoms with E-state index >= 15 is 0 Å². The van der Waals surface area contributed by atoms with Crippen LogP contribution in [0.25, 0.3) is 0 Å². The lowest BCUT2D eigenvalue weighted by Gasteiger charge is -2.20. The summed E-state index contributed by atoms with van der Waals surface area (Å²) in [5.41, 5.74) is -0.0823. The van der Waals surface area contributed by atoms with Gasteiger partial charge in [0.15, 0.2) is 0 Å². The van der Waals surface area contributed by atoms with Gasteiger partial charge in [0, 0.05) is 12.1 Å². The van der Waals surface area contributed by atoms with Crippen LogP contribution < -0.4 is 10.6 Å². The average Bonchev–Trinajstić information content (AvgIpc) is 3.00. The second kappa shape index (κ2) is 4.86. The Bertz CT molecular complexity index is 576. The molecule has 1 aromatic rings. The van der Waals surface area contributed by atoms with Crippen molar-refractivity contribution >= 4 is 17.6 Å². The molecule has 2 heterocycles. The maximum absolute atomic E-state index is 13.2. The lowest BCUT2D eigenvalue weighted by molar-refractivity contribution is -0.120. The fraction of sp³-hybridized carbons (Fsp3) is 0.429. The summed E-state index contributed by atoms with van der Waals surface area (Å²) in [6.45, 7) is 0. The Balaban J connectivity index is 1.79. The number of nitrogens with one attached hydrogen (secondary N) is 2. The number of aromatic carboxylic acids is 1. The second-order valence-corrected chi connectivity index (χ2v) is 5.37. The Morgan fingerprint density at radius 3 is 2.75 bits per heavy atom. The van der Waals surface area contributed by atoms with Crippen molar-refractivity contribution in [2.45, 2.75) is 31.3 Å². The van der Waals surface area contributed by atoms with Gasteiger partial charge in [-0.1, -0.05) is 0 Å². The normalized spacial score (nSPS) is 27.6. The van der Waals surface area contributed by atoms with Gasteiger partial charge in [-0.25, -0.2) is 9.18 Å². The first-order valence-corrected chi connectivity index (χ1v) is 6.64. The second-order valence-electron chi connectivity index (χ2n) is 5.37. The molecule has 3 unspecified atom stereocenters. The molecule has 2 bridgehead atoms. The summed E-state index contributed by atoms with van der Waals surface area (Å²) in [4.78, 5) is 23.3. The van der Waals surface area contributed by atoms with Crippen LogP contribution in [0, 0.1) is 11.7 Å². The monoisotopic (exact) mass is 278 g/mol. The molecule has 2 aliphatic heterocycles. The molecule has 0 saturated carbocycles. The Kier molecular flexibility index (Phi) is 3.17. The molecule has 3 atom stereocenters. The smallest absolute Gasteiger partial charge is 0.337 e. The third-order valence-corrected chi connectivity index (χ3v) is 4.11. The molecule has 3 rings (SSSR count). The first-order valence-electron chi connectivity index (χ1n) is 6.64. The van der Waals surface area contributed by atoms with E-state index in [0.717, 1.165) is 37.5 Å². The molecule has 0 radical (unpaired) electrons. The summed E-state index contributed by atoms with van der Waals surface area (Å²) in [7, 11) is 0. The van der Waals surface area contributed by atoms with Crippen LogP contribution in [0.1, 0.15) is 29.6 Å². The summed E-state index contributed by atoms with van der Waals surface area (Å²) in [6.07, 6.45) is 2.79. The zero-order chi connectivity index (χ0) is 14.3. The summed E-state index contributed by atoms with van der Waals surface area (Å²) in [5, 5.41) is 15.0. The van der Waals surface area contributed by atoms with E-state index in [1.807, 2.05) is 0 Å². The standard InChI is InChI=1S/C14H15FN2O3/c15-7-1-3-9(14(19)20)12(5-7)17-13(18)10-6-8-2-4-11(10)16-8/h1,3,5,8,10-11,16H,2,4,6H2,(H,17,18)(H,19,20). The highest BCUT2D eigenvalue weighted by atomic mass is 19.1. The number of amides is 1. The minimum atomic E-state index is -1.19. The van der Waals surface area contributed by atoms with E-state index in [-0.39, 0.29) is 29.1 Å². The fourth-order valence-electron chi connectivity index (χ4n) is 3.15. The summed E-state index contributed by atoms with van der Waals surface area (Å²) in [6, 6.07) is 3.80. The number of carboxylic acid groups (broad SMARTS) is 1. The minimum absolute atomic E-state index is 0.0188. The van der Waals surface area contributed by atoms with E-state index in [1.54, 1.807) is 0 Å². The number of carboxylic acids is 1. The summed E-state index contributed by atoms with van der Waals surface area (Å²) < 4.78 is 13.2. The van der Waals surface area contributed by atoms with Crippen LogP contribution in [-0.4, -0.2) is 29.1 Å². The van der Waals surface area contributed by atoms with Crippen molar-refractivity contribution in [2.24, 2.45) is 5.92 Å². The molecule has 5 nitrogen and oxygen atoms in total. The number of hydrogen-bond donors (Lipinski definition) is 3. The highest BCUT2D eigenvalue weighted by molar-refractivity contribution is 6.01. The van der Waals surface area contributed by atoms with Crippen LogP contribution in [-0.2, 0) is 4.79 Å². The van der Waals surface area contributed by atoms with E-state index in [0.29, 0.717) is 6.04 Å². The van der Waals surface area contributed by atoms with Gasteiger partial charge < -0.3 is 15.7 Å². The van der Waals surface area contributed by atoms with Gasteiger partial charge in [-0.15, -0.1) is 0 Å². The van der Waals surface area contributed by atoms with E-state index in [4.69, 9.17) is 5.11 Å². The molecule has 1 aromatic carbocycles. The largest absolute Gasteiger partial charge is 0.478 e. The van der Waals surface area contributed by atoms with Crippen molar-refractivity contribution in [1.82, 2.24) is 5.32 Å². The molecule has 20 heavy (non-hydrogen) atoms. The Morgan fingerprint density at radius 1 is 1.35 bits per heavy atom. The van der Waals surface area contributed by atoms with Crippen molar-refractivity contribution in [3.8, 4) is 0 Å². The van der Waals surface area contributed by atoms with Crippen LogP contribution in [0.15, 0.2) is 18.2 Å². The molecular formula is C14H15FN2O3. The minimum Gasteiger partial charge on any atom is -0.478 e. The predicted octanol–water partition coefficient (Wildman–Crippen LogP) is 1.60. The van der Waals surface area contributed by atoms with Gasteiger partial charge in [0.1, 0.15) is 5.82 Å². The van der Waals surface area contributed by atoms with Gasteiger partial charge in [-0.2, -0.15) is 0 Å². The van der Waals surface area contributed by atoms with Gasteiger partial charge in [-0.3, -0.25) is 4.79 Å². The van der Waals surface area contributed by atoms with E-state index in [1.165, 1.54) is 0 Å². The van der Waals surface area contributed by atoms with Crippen molar-refractivity contribution in [3.05, 3.63) is 29.6 Å². The SMILES string of the molecule is O=C(O)c1ccc(F)cc1NC(=O)C1CC2CCC1N2. The number of fused-ring (bicyclic) bond motifs is 2. The number of halogens is 1. The topological polar surface area (TPSA) is 78.4 Å². The predicted molar refractivity (Wildman–Crippen MR) is 70.0 cm³/mol. The molecule has 3 N–H and O–H groups in total. The van der Waals surface area contributed by atoms with Gasteiger partial charge in [-0.05, 0) is 37.5 Å². The van der Waals surface area contributed by atoms with Crippen molar-refractivity contribution < 1.29 is 19.1 Å². The number of benzene rings is 1. The summed E-state index contributed by atoms with van der Waals surface area (Å²) >= 11 is 0. The average molecular weight is 278 g/mol. The first-order chi connectivity index (χ1) is 9.54. The molecule has 0 aliphatic carbocycles. The maximum Gasteiger partial charge on any atom is 0.337 e. The van der Waals surface area contributed by atoms with Crippen LogP contribution in [0.3, 0.4) is 0 Å². The molecule has 1 amide bonds. The molecule has 106 valence electrons. The Morgan fingerprint density at radius 2 is 2.15 bits per heavy atom. The van der Waals surface area contributed by atoms with Crippen LogP contribution in [0.5, 0.6) is 0 Å². The third-order valence-electron chi connectivity index (χ3n) is 4.11. The molecule has 0 spiro atoms. The highest BCUT2D eigenvalue weighted by Crippen LogP contribution is 2.34. The molecule has 6 heteroatoms. The van der Waals surface area contributed by atoms with Crippen LogP contribution in [0.4, 0.5) is 10.1 Å². The molecule has 2 saturated heterocycles. The molecule has 2 aliphatic rings. The Hall–Kier alpha value is -1.95. The molecular weight excluding hydrogens is 263 g/mol.